The topological polar surface area (TPSA) is 52.6 Å². The lowest BCUT2D eigenvalue weighted by Crippen LogP contribution is -2.37. The van der Waals surface area contributed by atoms with Gasteiger partial charge in [0.2, 0.25) is 0 Å². The molecule has 1 aromatic carbocycles. The number of aliphatic hydroxyl groups excluding tert-OH is 1. The van der Waals surface area contributed by atoms with Crippen LogP contribution in [-0.2, 0) is 0 Å². The Morgan fingerprint density at radius 1 is 1.50 bits per heavy atom. The number of halogens is 1. The number of aryl methyl sites for hydroxylation is 1. The van der Waals surface area contributed by atoms with Crippen LogP contribution in [-0.4, -0.2) is 35.7 Å². The van der Waals surface area contributed by atoms with Crippen LogP contribution in [0.15, 0.2) is 18.2 Å². The summed E-state index contributed by atoms with van der Waals surface area (Å²) in [6.07, 6.45) is 2.56. The number of carbonyl (C=O) groups excluding carboxylic acids is 1. The van der Waals surface area contributed by atoms with Gasteiger partial charge in [0.1, 0.15) is 0 Å². The molecule has 1 aliphatic rings. The fraction of sp³-hybridized carbons (Fsp3) is 0.533. The Labute approximate surface area is 124 Å². The lowest BCUT2D eigenvalue weighted by molar-refractivity contribution is 0.116. The maximum atomic E-state index is 12.2. The zero-order valence-corrected chi connectivity index (χ0v) is 12.7. The van der Waals surface area contributed by atoms with E-state index in [-0.39, 0.29) is 18.1 Å². The van der Waals surface area contributed by atoms with E-state index in [0.717, 1.165) is 24.8 Å². The number of para-hydroxylation sites is 1. The smallest absolute Gasteiger partial charge is 0.321 e. The average Bonchev–Trinajstić information content (AvgIpc) is 2.79. The van der Waals surface area contributed by atoms with Gasteiger partial charge in [0.05, 0.1) is 16.8 Å². The molecule has 4 nitrogen and oxygen atoms in total. The van der Waals surface area contributed by atoms with Crippen LogP contribution in [0.5, 0.6) is 0 Å². The summed E-state index contributed by atoms with van der Waals surface area (Å²) in [5.74, 6) is 0.179. The number of carbonyl (C=O) groups is 1. The van der Waals surface area contributed by atoms with E-state index in [1.807, 2.05) is 19.1 Å². The molecule has 1 aromatic rings. The molecule has 0 unspecified atom stereocenters. The van der Waals surface area contributed by atoms with Crippen molar-refractivity contribution in [3.05, 3.63) is 28.8 Å². The minimum atomic E-state index is -0.285. The molecule has 5 heteroatoms. The number of anilines is 1. The second-order valence-electron chi connectivity index (χ2n) is 5.50. The normalized spacial score (nSPS) is 21.8. The first-order chi connectivity index (χ1) is 9.49. The summed E-state index contributed by atoms with van der Waals surface area (Å²) in [5, 5.41) is 13.2. The molecule has 20 heavy (non-hydrogen) atoms. The number of amides is 2. The third kappa shape index (κ3) is 3.44. The molecule has 2 atom stereocenters. The summed E-state index contributed by atoms with van der Waals surface area (Å²) < 4.78 is 0. The van der Waals surface area contributed by atoms with Crippen LogP contribution in [0, 0.1) is 12.8 Å². The first-order valence-corrected chi connectivity index (χ1v) is 7.32. The first kappa shape index (κ1) is 15.1. The summed E-state index contributed by atoms with van der Waals surface area (Å²) in [6, 6.07) is 5.32. The third-order valence-electron chi connectivity index (χ3n) is 3.93. The van der Waals surface area contributed by atoms with E-state index in [1.54, 1.807) is 18.0 Å². The molecule has 0 aliphatic heterocycles. The third-order valence-corrected chi connectivity index (χ3v) is 4.24. The van der Waals surface area contributed by atoms with E-state index in [4.69, 9.17) is 11.6 Å². The molecule has 2 N–H and O–H groups in total. The van der Waals surface area contributed by atoms with Crippen molar-refractivity contribution in [1.82, 2.24) is 4.90 Å². The molecule has 0 saturated heterocycles. The van der Waals surface area contributed by atoms with E-state index < -0.39 is 0 Å². The Bertz CT molecular complexity index is 473. The Morgan fingerprint density at radius 2 is 2.25 bits per heavy atom. The van der Waals surface area contributed by atoms with Crippen LogP contribution in [0.4, 0.5) is 10.5 Å². The maximum absolute atomic E-state index is 12.2. The minimum absolute atomic E-state index is 0.179. The van der Waals surface area contributed by atoms with Crippen LogP contribution >= 0.6 is 11.6 Å². The molecule has 0 aromatic heterocycles. The number of hydrogen-bond acceptors (Lipinski definition) is 2. The molecule has 2 rings (SSSR count). The average molecular weight is 297 g/mol. The zero-order chi connectivity index (χ0) is 14.7. The van der Waals surface area contributed by atoms with Crippen molar-refractivity contribution in [3.8, 4) is 0 Å². The Balaban J connectivity index is 1.97. The Morgan fingerprint density at radius 3 is 2.85 bits per heavy atom. The van der Waals surface area contributed by atoms with Gasteiger partial charge in [-0.25, -0.2) is 4.79 Å². The van der Waals surface area contributed by atoms with Gasteiger partial charge in [0.15, 0.2) is 0 Å². The van der Waals surface area contributed by atoms with Crippen LogP contribution in [0.3, 0.4) is 0 Å². The highest BCUT2D eigenvalue weighted by atomic mass is 35.5. The van der Waals surface area contributed by atoms with Crippen molar-refractivity contribution < 1.29 is 9.90 Å². The number of benzene rings is 1. The largest absolute Gasteiger partial charge is 0.393 e. The van der Waals surface area contributed by atoms with Crippen molar-refractivity contribution in [3.63, 3.8) is 0 Å². The molecule has 0 radical (unpaired) electrons. The number of hydrogen-bond donors (Lipinski definition) is 2. The van der Waals surface area contributed by atoms with Gasteiger partial charge in [-0.15, -0.1) is 0 Å². The molecule has 0 bridgehead atoms. The monoisotopic (exact) mass is 296 g/mol. The molecule has 2 amide bonds. The zero-order valence-electron chi connectivity index (χ0n) is 11.9. The second kappa shape index (κ2) is 6.46. The summed E-state index contributed by atoms with van der Waals surface area (Å²) >= 11 is 6.10. The predicted molar refractivity (Wildman–Crippen MR) is 81.2 cm³/mol. The predicted octanol–water partition coefficient (Wildman–Crippen LogP) is 3.27. The van der Waals surface area contributed by atoms with Gasteiger partial charge in [0, 0.05) is 19.5 Å². The molecule has 110 valence electrons. The van der Waals surface area contributed by atoms with E-state index in [9.17, 15) is 9.90 Å². The van der Waals surface area contributed by atoms with Gasteiger partial charge in [0.25, 0.3) is 0 Å². The van der Waals surface area contributed by atoms with Crippen molar-refractivity contribution in [2.45, 2.75) is 32.3 Å². The summed E-state index contributed by atoms with van der Waals surface area (Å²) in [6.45, 7) is 2.47. The van der Waals surface area contributed by atoms with Gasteiger partial charge in [-0.3, -0.25) is 0 Å². The highest BCUT2D eigenvalue weighted by Crippen LogP contribution is 2.27. The number of aliphatic hydroxyl groups is 1. The van der Waals surface area contributed by atoms with Crippen molar-refractivity contribution >= 4 is 23.3 Å². The Hall–Kier alpha value is -1.26. The summed E-state index contributed by atoms with van der Waals surface area (Å²) in [7, 11) is 1.74. The van der Waals surface area contributed by atoms with E-state index >= 15 is 0 Å². The van der Waals surface area contributed by atoms with Gasteiger partial charge < -0.3 is 15.3 Å². The van der Waals surface area contributed by atoms with Gasteiger partial charge in [-0.1, -0.05) is 30.2 Å². The molecule has 1 fully saturated rings. The number of nitrogens with zero attached hydrogens (tertiary/aromatic N) is 1. The van der Waals surface area contributed by atoms with Crippen molar-refractivity contribution in [2.24, 2.45) is 5.92 Å². The van der Waals surface area contributed by atoms with Gasteiger partial charge in [-0.2, -0.15) is 0 Å². The summed E-state index contributed by atoms with van der Waals surface area (Å²) in [5.41, 5.74) is 1.58. The minimum Gasteiger partial charge on any atom is -0.393 e. The molecular weight excluding hydrogens is 276 g/mol. The van der Waals surface area contributed by atoms with Crippen LogP contribution < -0.4 is 5.32 Å². The quantitative estimate of drug-likeness (QED) is 0.899. The molecule has 0 spiro atoms. The SMILES string of the molecule is Cc1cccc(Cl)c1NC(=O)N(C)C[C@H]1CCC[C@@H]1O. The first-order valence-electron chi connectivity index (χ1n) is 6.94. The summed E-state index contributed by atoms with van der Waals surface area (Å²) in [4.78, 5) is 13.8. The molecular formula is C15H21ClN2O2. The van der Waals surface area contributed by atoms with Crippen molar-refractivity contribution in [1.29, 1.82) is 0 Å². The lowest BCUT2D eigenvalue weighted by atomic mass is 10.1. The number of rotatable bonds is 3. The van der Waals surface area contributed by atoms with Crippen molar-refractivity contribution in [2.75, 3.05) is 18.9 Å². The van der Waals surface area contributed by atoms with Crippen LogP contribution in [0.2, 0.25) is 5.02 Å². The maximum Gasteiger partial charge on any atom is 0.321 e. The highest BCUT2D eigenvalue weighted by Gasteiger charge is 2.27. The fourth-order valence-corrected chi connectivity index (χ4v) is 2.93. The van der Waals surface area contributed by atoms with E-state index in [2.05, 4.69) is 5.32 Å². The van der Waals surface area contributed by atoms with Gasteiger partial charge >= 0.3 is 6.03 Å². The van der Waals surface area contributed by atoms with Crippen LogP contribution in [0.1, 0.15) is 24.8 Å². The fourth-order valence-electron chi connectivity index (χ4n) is 2.66. The lowest BCUT2D eigenvalue weighted by Gasteiger charge is -2.24. The van der Waals surface area contributed by atoms with Crippen LogP contribution in [0.25, 0.3) is 0 Å². The Kier molecular flexibility index (Phi) is 4.89. The number of nitrogens with one attached hydrogen (secondary N) is 1. The molecule has 0 heterocycles. The van der Waals surface area contributed by atoms with E-state index in [1.165, 1.54) is 0 Å². The number of urea groups is 1. The molecule has 1 aliphatic carbocycles. The van der Waals surface area contributed by atoms with Gasteiger partial charge in [-0.05, 0) is 31.4 Å². The second-order valence-corrected chi connectivity index (χ2v) is 5.91. The molecule has 1 saturated carbocycles. The highest BCUT2D eigenvalue weighted by molar-refractivity contribution is 6.33. The standard InChI is InChI=1S/C15H21ClN2O2/c1-10-5-3-7-12(16)14(10)17-15(20)18(2)9-11-6-4-8-13(11)19/h3,5,7,11,13,19H,4,6,8-9H2,1-2H3,(H,17,20)/t11-,13+/m1/s1. The van der Waals surface area contributed by atoms with E-state index in [0.29, 0.717) is 17.3 Å².